The van der Waals surface area contributed by atoms with Gasteiger partial charge in [0.1, 0.15) is 17.1 Å². The number of esters is 1. The number of carboxylic acids is 1. The van der Waals surface area contributed by atoms with Gasteiger partial charge in [0.05, 0.1) is 36.8 Å². The van der Waals surface area contributed by atoms with E-state index in [4.69, 9.17) is 14.2 Å². The molecule has 6 aromatic rings. The molecule has 0 bridgehead atoms. The Balaban J connectivity index is 0.000000222. The molecule has 0 amide bonds. The van der Waals surface area contributed by atoms with Crippen LogP contribution in [0.1, 0.15) is 111 Å². The summed E-state index contributed by atoms with van der Waals surface area (Å²) in [6, 6.07) is 17.1. The van der Waals surface area contributed by atoms with Crippen LogP contribution in [0, 0.1) is 0 Å². The van der Waals surface area contributed by atoms with Crippen LogP contribution in [-0.2, 0) is 36.6 Å². The SMILES string of the molecule is CC(C)(O)CCOc1cc(-c2cnn(C(C)(C)C(=O)O)c2)c2c(c1)[C@@](O)(C(F)(F)F)c1ccccc1-2.CC(C)(O)CCOc1cc(-c2cnn(C(C)(C)C(=O)OC(C)(C)C)c2)c2c(c1)[C@@](O)(C(F)(F)F)c1ccccc1-2. The fraction of sp³-hybridized carbons (Fsp3) is 0.429. The van der Waals surface area contributed by atoms with E-state index in [2.05, 4.69) is 10.2 Å². The number of hydrogen-bond donors (Lipinski definition) is 5. The van der Waals surface area contributed by atoms with Gasteiger partial charge in [-0.2, -0.15) is 36.5 Å². The first kappa shape index (κ1) is 57.0. The van der Waals surface area contributed by atoms with Crippen LogP contribution in [0.4, 0.5) is 26.3 Å². The zero-order valence-electron chi connectivity index (χ0n) is 43.9. The highest BCUT2D eigenvalue weighted by atomic mass is 19.4. The summed E-state index contributed by atoms with van der Waals surface area (Å²) in [5, 5.41) is 60.6. The molecule has 14 nitrogen and oxygen atoms in total. The van der Waals surface area contributed by atoms with Gasteiger partial charge >= 0.3 is 24.3 Å². The van der Waals surface area contributed by atoms with E-state index in [1.165, 1.54) is 96.4 Å². The molecule has 20 heteroatoms. The second kappa shape index (κ2) is 19.4. The number of aliphatic carboxylic acids is 1. The zero-order chi connectivity index (χ0) is 56.6. The Labute approximate surface area is 435 Å². The van der Waals surface area contributed by atoms with Crippen LogP contribution in [0.25, 0.3) is 44.5 Å². The van der Waals surface area contributed by atoms with Gasteiger partial charge in [0.15, 0.2) is 11.1 Å². The van der Waals surface area contributed by atoms with Gasteiger partial charge in [-0.25, -0.2) is 9.59 Å². The summed E-state index contributed by atoms with van der Waals surface area (Å²) in [4.78, 5) is 24.7. The van der Waals surface area contributed by atoms with Crippen molar-refractivity contribution in [3.63, 3.8) is 0 Å². The summed E-state index contributed by atoms with van der Waals surface area (Å²) in [5.41, 5.74) is -11.1. The lowest BCUT2D eigenvalue weighted by Gasteiger charge is -2.29. The van der Waals surface area contributed by atoms with Crippen molar-refractivity contribution in [2.45, 2.75) is 140 Å². The van der Waals surface area contributed by atoms with E-state index in [0.29, 0.717) is 22.3 Å². The van der Waals surface area contributed by atoms with E-state index in [9.17, 15) is 61.5 Å². The molecule has 408 valence electrons. The molecule has 2 aliphatic rings. The highest BCUT2D eigenvalue weighted by Gasteiger charge is 2.62. The Morgan fingerprint density at radius 1 is 0.553 bits per heavy atom. The lowest BCUT2D eigenvalue weighted by molar-refractivity contribution is -0.247. The third-order valence-corrected chi connectivity index (χ3v) is 13.3. The average molecular weight is 1070 g/mol. The highest BCUT2D eigenvalue weighted by molar-refractivity contribution is 5.94. The maximum absolute atomic E-state index is 14.6. The number of carbonyl (C=O) groups excluding carboxylic acids is 1. The van der Waals surface area contributed by atoms with Gasteiger partial charge in [0.25, 0.3) is 0 Å². The number of halogens is 6. The number of hydrogen-bond acceptors (Lipinski definition) is 11. The van der Waals surface area contributed by atoms with Crippen molar-refractivity contribution in [3.8, 4) is 56.0 Å². The van der Waals surface area contributed by atoms with E-state index in [-0.39, 0.29) is 76.5 Å². The van der Waals surface area contributed by atoms with E-state index in [1.54, 1.807) is 86.7 Å². The number of ether oxygens (including phenoxy) is 3. The molecule has 0 radical (unpaired) electrons. The van der Waals surface area contributed by atoms with Crippen LogP contribution in [0.5, 0.6) is 11.5 Å². The molecule has 8 rings (SSSR count). The molecule has 2 aliphatic carbocycles. The minimum absolute atomic E-state index is 0.0183. The van der Waals surface area contributed by atoms with Crippen molar-refractivity contribution in [3.05, 3.63) is 120 Å². The fourth-order valence-corrected chi connectivity index (χ4v) is 8.91. The third kappa shape index (κ3) is 10.7. The van der Waals surface area contributed by atoms with Crippen molar-refractivity contribution in [1.29, 1.82) is 0 Å². The Morgan fingerprint density at radius 3 is 1.26 bits per heavy atom. The first-order valence-electron chi connectivity index (χ1n) is 24.3. The van der Waals surface area contributed by atoms with Crippen LogP contribution >= 0.6 is 0 Å². The summed E-state index contributed by atoms with van der Waals surface area (Å²) >= 11 is 0. The predicted octanol–water partition coefficient (Wildman–Crippen LogP) is 10.6. The number of aliphatic hydroxyl groups is 4. The molecule has 2 aromatic heterocycles. The standard InChI is InChI=1S/C30H35F3N2O5.C26H27F3N2O5/c1-26(2,3)40-25(36)28(6,7)35-17-18(16-34-35)21-14-19(39-13-12-27(4,5)37)15-23-24(21)20-10-8-9-11-22(20)29(23,38)30(31,32)33;1-23(2,34)9-10-36-16-11-18(15-13-30-31(14-15)24(3,4)22(32)33)21-17-7-5-6-8-19(17)25(35,20(21)12-16)26(27,28)29/h8-11,14-17,37-38H,12-13H2,1-7H3;5-8,11-14,34-35H,9-10H2,1-4H3,(H,32,33)/t29-;25-/m11/s1. The normalized spacial score (nSPS) is 17.5. The van der Waals surface area contributed by atoms with Crippen molar-refractivity contribution < 1.29 is 75.7 Å². The maximum Gasteiger partial charge on any atom is 0.425 e. The van der Waals surface area contributed by atoms with Gasteiger partial charge < -0.3 is 39.7 Å². The quantitative estimate of drug-likeness (QED) is 0.0512. The topological polar surface area (TPSA) is 199 Å². The average Bonchev–Trinajstić information content (AvgIpc) is 4.10. The van der Waals surface area contributed by atoms with E-state index in [1.807, 2.05) is 0 Å². The van der Waals surface area contributed by atoms with Crippen molar-refractivity contribution in [2.24, 2.45) is 0 Å². The summed E-state index contributed by atoms with van der Waals surface area (Å²) in [6.07, 6.45) is -3.79. The minimum Gasteiger partial charge on any atom is -0.493 e. The van der Waals surface area contributed by atoms with Crippen molar-refractivity contribution in [2.75, 3.05) is 13.2 Å². The van der Waals surface area contributed by atoms with E-state index < -0.39 is 68.9 Å². The van der Waals surface area contributed by atoms with Gasteiger partial charge in [0.2, 0.25) is 11.2 Å². The van der Waals surface area contributed by atoms with Gasteiger partial charge in [-0.1, -0.05) is 48.5 Å². The lowest BCUT2D eigenvalue weighted by atomic mass is 9.89. The summed E-state index contributed by atoms with van der Waals surface area (Å²) < 4.78 is 107. The van der Waals surface area contributed by atoms with Crippen LogP contribution in [0.3, 0.4) is 0 Å². The Kier molecular flexibility index (Phi) is 14.5. The first-order valence-corrected chi connectivity index (χ1v) is 24.3. The van der Waals surface area contributed by atoms with Crippen LogP contribution in [0.15, 0.2) is 97.6 Å². The third-order valence-electron chi connectivity index (χ3n) is 13.3. The van der Waals surface area contributed by atoms with Gasteiger partial charge in [0, 0.05) is 58.6 Å². The Bertz CT molecular complexity index is 3170. The summed E-state index contributed by atoms with van der Waals surface area (Å²) in [7, 11) is 0. The molecule has 5 N–H and O–H groups in total. The molecule has 0 fully saturated rings. The Hall–Kier alpha value is -6.74. The van der Waals surface area contributed by atoms with Crippen LogP contribution in [-0.4, -0.2) is 99.4 Å². The second-order valence-corrected chi connectivity index (χ2v) is 22.4. The molecule has 0 spiro atoms. The number of benzene rings is 4. The highest BCUT2D eigenvalue weighted by Crippen LogP contribution is 2.60. The summed E-state index contributed by atoms with van der Waals surface area (Å²) in [5.74, 6) is -1.51. The molecule has 2 heterocycles. The molecule has 4 aromatic carbocycles. The number of alkyl halides is 6. The summed E-state index contributed by atoms with van der Waals surface area (Å²) in [6.45, 7) is 17.8. The number of rotatable bonds is 14. The van der Waals surface area contributed by atoms with Crippen LogP contribution in [0.2, 0.25) is 0 Å². The monoisotopic (exact) mass is 1060 g/mol. The number of aromatic nitrogens is 4. The van der Waals surface area contributed by atoms with Gasteiger partial charge in [-0.05, 0) is 134 Å². The molecule has 2 atom stereocenters. The van der Waals surface area contributed by atoms with Gasteiger partial charge in [-0.3, -0.25) is 9.36 Å². The van der Waals surface area contributed by atoms with Gasteiger partial charge in [-0.15, -0.1) is 0 Å². The molecule has 0 saturated heterocycles. The smallest absolute Gasteiger partial charge is 0.425 e. The molecule has 0 unspecified atom stereocenters. The number of carbonyl (C=O) groups is 2. The lowest BCUT2D eigenvalue weighted by Crippen LogP contribution is -2.41. The zero-order valence-corrected chi connectivity index (χ0v) is 43.9. The fourth-order valence-electron chi connectivity index (χ4n) is 8.91. The van der Waals surface area contributed by atoms with Crippen molar-refractivity contribution in [1.82, 2.24) is 19.6 Å². The first-order chi connectivity index (χ1) is 34.8. The van der Waals surface area contributed by atoms with E-state index in [0.717, 1.165) is 0 Å². The molecule has 76 heavy (non-hydrogen) atoms. The molecular weight excluding hydrogens is 1000 g/mol. The largest absolute Gasteiger partial charge is 0.493 e. The molecule has 0 aliphatic heterocycles. The van der Waals surface area contributed by atoms with E-state index >= 15 is 0 Å². The number of carboxylic acid groups (broad SMARTS) is 1. The maximum atomic E-state index is 14.6. The van der Waals surface area contributed by atoms with Crippen molar-refractivity contribution >= 4 is 11.9 Å². The number of nitrogens with zero attached hydrogens (tertiary/aromatic N) is 4. The Morgan fingerprint density at radius 2 is 0.921 bits per heavy atom. The predicted molar refractivity (Wildman–Crippen MR) is 269 cm³/mol. The second-order valence-electron chi connectivity index (χ2n) is 22.4. The molecule has 0 saturated carbocycles. The number of fused-ring (bicyclic) bond motifs is 6. The molecular formula is C56H62F6N4O10. The van der Waals surface area contributed by atoms with Crippen LogP contribution < -0.4 is 9.47 Å². The minimum atomic E-state index is -5.03.